The topological polar surface area (TPSA) is 55.7 Å². The van der Waals surface area contributed by atoms with Gasteiger partial charge in [-0.05, 0) is 55.6 Å². The van der Waals surface area contributed by atoms with Crippen LogP contribution in [0.5, 0.6) is 0 Å². The van der Waals surface area contributed by atoms with Crippen LogP contribution in [0.1, 0.15) is 48.7 Å². The van der Waals surface area contributed by atoms with Crippen molar-refractivity contribution in [3.05, 3.63) is 39.1 Å². The number of halogens is 1. The van der Waals surface area contributed by atoms with E-state index in [9.17, 15) is 0 Å². The first-order valence-corrected chi connectivity index (χ1v) is 8.65. The van der Waals surface area contributed by atoms with Crippen molar-refractivity contribution in [3.63, 3.8) is 0 Å². The quantitative estimate of drug-likeness (QED) is 0.677. The summed E-state index contributed by atoms with van der Waals surface area (Å²) in [5, 5.41) is 7.96. The molecule has 0 bridgehead atoms. The van der Waals surface area contributed by atoms with E-state index in [1.54, 1.807) is 7.11 Å². The van der Waals surface area contributed by atoms with Crippen LogP contribution in [0.25, 0.3) is 0 Å². The fourth-order valence-corrected chi connectivity index (χ4v) is 3.94. The summed E-state index contributed by atoms with van der Waals surface area (Å²) in [6.07, 6.45) is 4.39. The Morgan fingerprint density at radius 1 is 1.39 bits per heavy atom. The normalized spacial score (nSPS) is 27.0. The van der Waals surface area contributed by atoms with E-state index < -0.39 is 0 Å². The molecule has 5 nitrogen and oxygen atoms in total. The van der Waals surface area contributed by atoms with Crippen molar-refractivity contribution in [1.29, 1.82) is 0 Å². The third-order valence-electron chi connectivity index (χ3n) is 5.16. The van der Waals surface area contributed by atoms with E-state index in [-0.39, 0.29) is 11.5 Å². The average molecular weight is 351 g/mol. The van der Waals surface area contributed by atoms with Gasteiger partial charge in [-0.1, -0.05) is 11.6 Å². The maximum absolute atomic E-state index is 6.31. The molecule has 0 unspecified atom stereocenters. The van der Waals surface area contributed by atoms with Crippen LogP contribution in [0.3, 0.4) is 0 Å². The Hall–Kier alpha value is -1.24. The van der Waals surface area contributed by atoms with E-state index >= 15 is 0 Å². The molecule has 0 atom stereocenters. The van der Waals surface area contributed by atoms with Crippen molar-refractivity contribution in [3.8, 4) is 0 Å². The molecule has 2 saturated carbocycles. The average Bonchev–Trinajstić information content (AvgIpc) is 3.28. The van der Waals surface area contributed by atoms with Crippen molar-refractivity contribution >= 4 is 23.8 Å². The minimum absolute atomic E-state index is 0.209. The van der Waals surface area contributed by atoms with Gasteiger partial charge in [0.25, 0.3) is 0 Å². The Labute approximate surface area is 145 Å². The summed E-state index contributed by atoms with van der Waals surface area (Å²) < 4.78 is 8.11. The zero-order chi connectivity index (χ0) is 16.2. The highest BCUT2D eigenvalue weighted by Crippen LogP contribution is 2.51. The molecule has 0 radical (unpaired) electrons. The Kier molecular flexibility index (Phi) is 3.59. The van der Waals surface area contributed by atoms with Gasteiger partial charge < -0.3 is 9.30 Å². The minimum atomic E-state index is -0.209. The Morgan fingerprint density at radius 3 is 2.70 bits per heavy atom. The van der Waals surface area contributed by atoms with Crippen molar-refractivity contribution in [2.75, 3.05) is 7.11 Å². The summed E-state index contributed by atoms with van der Waals surface area (Å²) in [6, 6.07) is 4.17. The highest BCUT2D eigenvalue weighted by Gasteiger charge is 2.50. The third-order valence-corrected chi connectivity index (χ3v) is 5.71. The lowest BCUT2D eigenvalue weighted by Gasteiger charge is -2.46. The zero-order valence-electron chi connectivity index (χ0n) is 13.2. The molecule has 0 saturated heterocycles. The van der Waals surface area contributed by atoms with E-state index in [1.165, 1.54) is 18.4 Å². The summed E-state index contributed by atoms with van der Waals surface area (Å²) in [4.78, 5) is 4.51. The molecule has 7 heteroatoms. The molecular formula is C16H19ClN4OS. The van der Waals surface area contributed by atoms with Crippen LogP contribution < -0.4 is 0 Å². The van der Waals surface area contributed by atoms with Gasteiger partial charge in [0, 0.05) is 25.8 Å². The van der Waals surface area contributed by atoms with Gasteiger partial charge in [-0.25, -0.2) is 4.98 Å². The number of ether oxygens (including phenoxy) is 1. The SMILES string of the molecule is COC1CC(c2cc(Cl)nc(C3CC3)c2)(c2n[nH]c(=S)n2C)C1. The maximum atomic E-state index is 6.31. The number of H-pyrrole nitrogens is 1. The second kappa shape index (κ2) is 5.40. The number of nitrogens with zero attached hydrogens (tertiary/aromatic N) is 3. The van der Waals surface area contributed by atoms with Crippen molar-refractivity contribution in [2.45, 2.75) is 43.1 Å². The maximum Gasteiger partial charge on any atom is 0.194 e. The van der Waals surface area contributed by atoms with Crippen LogP contribution in [0.15, 0.2) is 12.1 Å². The van der Waals surface area contributed by atoms with Gasteiger partial charge in [0.2, 0.25) is 0 Å². The molecule has 0 aliphatic heterocycles. The van der Waals surface area contributed by atoms with Crippen LogP contribution in [-0.2, 0) is 17.2 Å². The van der Waals surface area contributed by atoms with Gasteiger partial charge in [-0.3, -0.25) is 5.10 Å². The number of aromatic nitrogens is 4. The van der Waals surface area contributed by atoms with Gasteiger partial charge in [0.1, 0.15) is 11.0 Å². The molecule has 2 aromatic rings. The van der Waals surface area contributed by atoms with Crippen molar-refractivity contribution in [2.24, 2.45) is 7.05 Å². The second-order valence-corrected chi connectivity index (χ2v) is 7.41. The molecule has 4 rings (SSSR count). The summed E-state index contributed by atoms with van der Waals surface area (Å²) in [5.41, 5.74) is 2.06. The van der Waals surface area contributed by atoms with Crippen LogP contribution in [0.2, 0.25) is 5.15 Å². The first-order valence-electron chi connectivity index (χ1n) is 7.86. The summed E-state index contributed by atoms with van der Waals surface area (Å²) in [6.45, 7) is 0. The molecular weight excluding hydrogens is 332 g/mol. The Bertz CT molecular complexity index is 805. The predicted molar refractivity (Wildman–Crippen MR) is 90.4 cm³/mol. The molecule has 122 valence electrons. The third kappa shape index (κ3) is 2.44. The fraction of sp³-hybridized carbons (Fsp3) is 0.562. The predicted octanol–water partition coefficient (Wildman–Crippen LogP) is 3.50. The minimum Gasteiger partial charge on any atom is -0.381 e. The molecule has 0 aromatic carbocycles. The molecule has 0 spiro atoms. The van der Waals surface area contributed by atoms with E-state index in [1.807, 2.05) is 17.7 Å². The van der Waals surface area contributed by atoms with E-state index in [0.717, 1.165) is 24.4 Å². The first kappa shape index (κ1) is 15.3. The number of aromatic amines is 1. The van der Waals surface area contributed by atoms with Gasteiger partial charge in [0.05, 0.1) is 11.5 Å². The smallest absolute Gasteiger partial charge is 0.194 e. The number of rotatable bonds is 4. The van der Waals surface area contributed by atoms with Gasteiger partial charge in [-0.15, -0.1) is 0 Å². The Balaban J connectivity index is 1.84. The summed E-state index contributed by atoms with van der Waals surface area (Å²) >= 11 is 11.6. The summed E-state index contributed by atoms with van der Waals surface area (Å²) in [7, 11) is 3.71. The monoisotopic (exact) mass is 350 g/mol. The number of methoxy groups -OCH3 is 1. The van der Waals surface area contributed by atoms with Gasteiger partial charge in [0.15, 0.2) is 4.77 Å². The molecule has 2 heterocycles. The lowest BCUT2D eigenvalue weighted by atomic mass is 9.62. The molecule has 2 aliphatic rings. The van der Waals surface area contributed by atoms with Crippen LogP contribution in [0, 0.1) is 4.77 Å². The second-order valence-electron chi connectivity index (χ2n) is 6.64. The van der Waals surface area contributed by atoms with Gasteiger partial charge >= 0.3 is 0 Å². The molecule has 2 aliphatic carbocycles. The summed E-state index contributed by atoms with van der Waals surface area (Å²) in [5.74, 6) is 1.50. The zero-order valence-corrected chi connectivity index (χ0v) is 14.7. The Morgan fingerprint density at radius 2 is 2.13 bits per heavy atom. The molecule has 1 N–H and O–H groups in total. The van der Waals surface area contributed by atoms with Crippen molar-refractivity contribution < 1.29 is 4.74 Å². The largest absolute Gasteiger partial charge is 0.381 e. The van der Waals surface area contributed by atoms with E-state index in [2.05, 4.69) is 21.2 Å². The van der Waals surface area contributed by atoms with E-state index in [4.69, 9.17) is 28.6 Å². The fourth-order valence-electron chi connectivity index (χ4n) is 3.59. The van der Waals surface area contributed by atoms with Gasteiger partial charge in [-0.2, -0.15) is 5.10 Å². The number of nitrogens with one attached hydrogen (secondary N) is 1. The number of pyridine rings is 1. The van der Waals surface area contributed by atoms with Crippen LogP contribution in [-0.4, -0.2) is 33.0 Å². The number of hydrogen-bond acceptors (Lipinski definition) is 4. The van der Waals surface area contributed by atoms with Crippen LogP contribution in [0.4, 0.5) is 0 Å². The lowest BCUT2D eigenvalue weighted by Crippen LogP contribution is -2.48. The first-order chi connectivity index (χ1) is 11.0. The molecule has 2 aromatic heterocycles. The van der Waals surface area contributed by atoms with Crippen molar-refractivity contribution in [1.82, 2.24) is 19.7 Å². The standard InChI is InChI=1S/C16H19ClN4OS/c1-21-14(19-20-15(21)23)16(7-11(8-16)22-2)10-5-12(9-3-4-9)18-13(17)6-10/h5-6,9,11H,3-4,7-8H2,1-2H3,(H,20,23). The highest BCUT2D eigenvalue weighted by molar-refractivity contribution is 7.71. The van der Waals surface area contributed by atoms with Crippen LogP contribution >= 0.6 is 23.8 Å². The molecule has 0 amide bonds. The highest BCUT2D eigenvalue weighted by atomic mass is 35.5. The molecule has 2 fully saturated rings. The number of hydrogen-bond donors (Lipinski definition) is 1. The lowest BCUT2D eigenvalue weighted by molar-refractivity contribution is -0.00704. The van der Waals surface area contributed by atoms with E-state index in [0.29, 0.717) is 15.8 Å². The molecule has 23 heavy (non-hydrogen) atoms.